The zero-order valence-electron chi connectivity index (χ0n) is 16.6. The molecule has 0 spiro atoms. The van der Waals surface area contributed by atoms with Gasteiger partial charge in [-0.05, 0) is 30.3 Å². The van der Waals surface area contributed by atoms with Gasteiger partial charge in [0, 0.05) is 6.07 Å². The molecule has 0 amide bonds. The Bertz CT molecular complexity index is 1200. The fourth-order valence-corrected chi connectivity index (χ4v) is 3.70. The Kier molecular flexibility index (Phi) is 5.40. The zero-order valence-corrected chi connectivity index (χ0v) is 17.4. The summed E-state index contributed by atoms with van der Waals surface area (Å²) in [6.45, 7) is 0. The van der Waals surface area contributed by atoms with Crippen LogP contribution in [0.1, 0.15) is 0 Å². The highest BCUT2D eigenvalue weighted by molar-refractivity contribution is 7.22. The molecule has 0 fully saturated rings. The van der Waals surface area contributed by atoms with Crippen LogP contribution in [-0.4, -0.2) is 36.3 Å². The highest BCUT2D eigenvalue weighted by atomic mass is 32.1. The number of ether oxygens (including phenoxy) is 3. The molecule has 2 aromatic heterocycles. The monoisotopic (exact) mass is 424 g/mol. The summed E-state index contributed by atoms with van der Waals surface area (Å²) in [7, 11) is 4.81. The Morgan fingerprint density at radius 3 is 2.30 bits per heavy atom. The number of benzene rings is 2. The Hall–Kier alpha value is -3.79. The first-order valence-corrected chi connectivity index (χ1v) is 9.74. The molecular formula is C20H20N6O3S. The van der Waals surface area contributed by atoms with Crippen molar-refractivity contribution in [2.45, 2.75) is 0 Å². The molecule has 0 saturated heterocycles. The van der Waals surface area contributed by atoms with Crippen LogP contribution in [0.4, 0.5) is 28.1 Å². The number of thiazole rings is 1. The summed E-state index contributed by atoms with van der Waals surface area (Å²) in [5, 5.41) is 7.02. The Labute approximate surface area is 176 Å². The minimum atomic E-state index is 0.354. The third-order valence-corrected chi connectivity index (χ3v) is 5.30. The molecule has 4 aromatic rings. The van der Waals surface area contributed by atoms with E-state index in [1.807, 2.05) is 30.3 Å². The number of nitrogens with two attached hydrogens (primary N) is 1. The maximum Gasteiger partial charge on any atom is 0.189 e. The van der Waals surface area contributed by atoms with Crippen LogP contribution < -0.4 is 30.6 Å². The first kappa shape index (κ1) is 19.5. The van der Waals surface area contributed by atoms with Gasteiger partial charge in [0.2, 0.25) is 0 Å². The molecule has 30 heavy (non-hydrogen) atoms. The molecule has 0 aliphatic carbocycles. The fraction of sp³-hybridized carbons (Fsp3) is 0.150. The van der Waals surface area contributed by atoms with Crippen molar-refractivity contribution < 1.29 is 14.2 Å². The number of nitrogen functional groups attached to an aromatic ring is 1. The largest absolute Gasteiger partial charge is 0.497 e. The number of aromatic nitrogens is 3. The topological polar surface area (TPSA) is 116 Å². The van der Waals surface area contributed by atoms with Crippen molar-refractivity contribution in [1.82, 2.24) is 15.0 Å². The Morgan fingerprint density at radius 1 is 0.867 bits per heavy atom. The maximum absolute atomic E-state index is 6.31. The SMILES string of the molecule is COc1ccc(Nc2ncnc(Nc3nc4ccc(OC)cc4s3)c2N)c(OC)c1. The number of nitrogens with one attached hydrogen (secondary N) is 2. The number of fused-ring (bicyclic) bond motifs is 1. The highest BCUT2D eigenvalue weighted by Gasteiger charge is 2.13. The lowest BCUT2D eigenvalue weighted by molar-refractivity contribution is 0.395. The molecule has 4 N–H and O–H groups in total. The molecular weight excluding hydrogens is 404 g/mol. The minimum absolute atomic E-state index is 0.354. The Balaban J connectivity index is 1.60. The summed E-state index contributed by atoms with van der Waals surface area (Å²) in [4.78, 5) is 13.1. The second-order valence-electron chi connectivity index (χ2n) is 6.15. The van der Waals surface area contributed by atoms with E-state index in [0.29, 0.717) is 39.6 Å². The second-order valence-corrected chi connectivity index (χ2v) is 7.18. The van der Waals surface area contributed by atoms with Crippen LogP contribution in [0.3, 0.4) is 0 Å². The summed E-state index contributed by atoms with van der Waals surface area (Å²) in [5.41, 5.74) is 8.22. The third-order valence-electron chi connectivity index (χ3n) is 4.37. The summed E-state index contributed by atoms with van der Waals surface area (Å²) in [6.07, 6.45) is 1.42. The molecule has 0 saturated carbocycles. The lowest BCUT2D eigenvalue weighted by atomic mass is 10.2. The summed E-state index contributed by atoms with van der Waals surface area (Å²) in [6, 6.07) is 11.1. The summed E-state index contributed by atoms with van der Waals surface area (Å²) < 4.78 is 16.9. The fourth-order valence-electron chi connectivity index (χ4n) is 2.81. The molecule has 154 valence electrons. The molecule has 2 aromatic carbocycles. The lowest BCUT2D eigenvalue weighted by Gasteiger charge is -2.14. The molecule has 2 heterocycles. The van der Waals surface area contributed by atoms with E-state index in [9.17, 15) is 0 Å². The molecule has 0 radical (unpaired) electrons. The van der Waals surface area contributed by atoms with Gasteiger partial charge < -0.3 is 30.6 Å². The average Bonchev–Trinajstić information content (AvgIpc) is 3.18. The molecule has 9 nitrogen and oxygen atoms in total. The molecule has 0 aliphatic heterocycles. The van der Waals surface area contributed by atoms with Crippen molar-refractivity contribution >= 4 is 49.7 Å². The molecule has 4 rings (SSSR count). The van der Waals surface area contributed by atoms with Gasteiger partial charge in [-0.1, -0.05) is 11.3 Å². The zero-order chi connectivity index (χ0) is 21.1. The van der Waals surface area contributed by atoms with Gasteiger partial charge >= 0.3 is 0 Å². The number of anilines is 5. The van der Waals surface area contributed by atoms with Crippen molar-refractivity contribution in [2.24, 2.45) is 0 Å². The van der Waals surface area contributed by atoms with E-state index < -0.39 is 0 Å². The minimum Gasteiger partial charge on any atom is -0.497 e. The third kappa shape index (κ3) is 3.85. The number of hydrogen-bond acceptors (Lipinski definition) is 10. The van der Waals surface area contributed by atoms with Gasteiger partial charge in [-0.2, -0.15) is 0 Å². The quantitative estimate of drug-likeness (QED) is 0.401. The van der Waals surface area contributed by atoms with E-state index in [1.54, 1.807) is 27.4 Å². The predicted octanol–water partition coefficient (Wildman–Crippen LogP) is 4.18. The van der Waals surface area contributed by atoms with E-state index in [0.717, 1.165) is 16.0 Å². The number of hydrogen-bond donors (Lipinski definition) is 3. The number of rotatable bonds is 7. The summed E-state index contributed by atoms with van der Waals surface area (Å²) in [5.74, 6) is 2.95. The average molecular weight is 424 g/mol. The van der Waals surface area contributed by atoms with Crippen molar-refractivity contribution in [3.05, 3.63) is 42.7 Å². The van der Waals surface area contributed by atoms with E-state index >= 15 is 0 Å². The second kappa shape index (κ2) is 8.29. The first-order chi connectivity index (χ1) is 14.6. The van der Waals surface area contributed by atoms with Gasteiger partial charge in [0.05, 0.1) is 37.2 Å². The highest BCUT2D eigenvalue weighted by Crippen LogP contribution is 2.36. The van der Waals surface area contributed by atoms with Gasteiger partial charge in [-0.15, -0.1) is 0 Å². The Morgan fingerprint density at radius 2 is 1.57 bits per heavy atom. The van der Waals surface area contributed by atoms with Crippen LogP contribution in [0.2, 0.25) is 0 Å². The smallest absolute Gasteiger partial charge is 0.189 e. The van der Waals surface area contributed by atoms with Crippen LogP contribution in [0, 0.1) is 0 Å². The van der Waals surface area contributed by atoms with Crippen molar-refractivity contribution in [2.75, 3.05) is 37.7 Å². The molecule has 0 aliphatic rings. The van der Waals surface area contributed by atoms with E-state index in [1.165, 1.54) is 17.7 Å². The van der Waals surface area contributed by atoms with E-state index in [4.69, 9.17) is 19.9 Å². The van der Waals surface area contributed by atoms with Gasteiger partial charge in [0.1, 0.15) is 29.3 Å². The number of nitrogens with zero attached hydrogens (tertiary/aromatic N) is 3. The van der Waals surface area contributed by atoms with Crippen LogP contribution in [0.25, 0.3) is 10.2 Å². The van der Waals surface area contributed by atoms with Gasteiger partial charge in [-0.3, -0.25) is 0 Å². The normalized spacial score (nSPS) is 10.6. The van der Waals surface area contributed by atoms with Gasteiger partial charge in [0.15, 0.2) is 16.8 Å². The molecule has 0 unspecified atom stereocenters. The number of methoxy groups -OCH3 is 3. The van der Waals surface area contributed by atoms with E-state index in [2.05, 4.69) is 25.6 Å². The summed E-state index contributed by atoms with van der Waals surface area (Å²) >= 11 is 1.48. The van der Waals surface area contributed by atoms with E-state index in [-0.39, 0.29) is 0 Å². The lowest BCUT2D eigenvalue weighted by Crippen LogP contribution is -2.05. The molecule has 0 atom stereocenters. The first-order valence-electron chi connectivity index (χ1n) is 8.92. The molecule has 0 bridgehead atoms. The predicted molar refractivity (Wildman–Crippen MR) is 119 cm³/mol. The van der Waals surface area contributed by atoms with Crippen LogP contribution in [0.5, 0.6) is 17.2 Å². The van der Waals surface area contributed by atoms with Gasteiger partial charge in [0.25, 0.3) is 0 Å². The van der Waals surface area contributed by atoms with Crippen molar-refractivity contribution in [3.63, 3.8) is 0 Å². The van der Waals surface area contributed by atoms with Crippen LogP contribution in [-0.2, 0) is 0 Å². The molecule has 10 heteroatoms. The van der Waals surface area contributed by atoms with Crippen molar-refractivity contribution in [1.29, 1.82) is 0 Å². The van der Waals surface area contributed by atoms with Crippen molar-refractivity contribution in [3.8, 4) is 17.2 Å². The van der Waals surface area contributed by atoms with Crippen LogP contribution >= 0.6 is 11.3 Å². The van der Waals surface area contributed by atoms with Crippen LogP contribution in [0.15, 0.2) is 42.7 Å². The standard InChI is InChI=1S/C20H20N6O3S/c1-27-11-4-6-13(15(8-11)29-3)24-18-17(21)19(23-10-22-18)26-20-25-14-7-5-12(28-2)9-16(14)30-20/h4-10H,21H2,1-3H3,(H2,22,23,24,25,26). The maximum atomic E-state index is 6.31. The van der Waals surface area contributed by atoms with Gasteiger partial charge in [-0.25, -0.2) is 15.0 Å².